The number of aryl methyl sites for hydroxylation is 1. The van der Waals surface area contributed by atoms with Gasteiger partial charge < -0.3 is 14.8 Å². The van der Waals surface area contributed by atoms with E-state index in [1.165, 1.54) is 6.08 Å². The number of ether oxygens (including phenoxy) is 2. The Hall–Kier alpha value is -2.75. The van der Waals surface area contributed by atoms with E-state index in [4.69, 9.17) is 21.1 Å². The molecule has 0 bridgehead atoms. The van der Waals surface area contributed by atoms with E-state index in [1.54, 1.807) is 36.4 Å². The minimum atomic E-state index is -0.529. The fraction of sp³-hybridized carbons (Fsp3) is 0.182. The maximum Gasteiger partial charge on any atom is 0.266 e. The molecule has 0 saturated carbocycles. The van der Waals surface area contributed by atoms with E-state index in [0.717, 1.165) is 5.56 Å². The van der Waals surface area contributed by atoms with Crippen molar-refractivity contribution in [2.75, 3.05) is 18.5 Å². The molecule has 0 aliphatic carbocycles. The van der Waals surface area contributed by atoms with Gasteiger partial charge in [0.1, 0.15) is 18.2 Å². The van der Waals surface area contributed by atoms with Crippen molar-refractivity contribution in [1.29, 1.82) is 5.26 Å². The van der Waals surface area contributed by atoms with Crippen LogP contribution in [0.15, 0.2) is 53.0 Å². The van der Waals surface area contributed by atoms with Gasteiger partial charge >= 0.3 is 0 Å². The molecular formula is C22H20BrClN2O3. The molecule has 0 spiro atoms. The van der Waals surface area contributed by atoms with Crippen LogP contribution in [0, 0.1) is 18.3 Å². The highest BCUT2D eigenvalue weighted by Crippen LogP contribution is 2.37. The van der Waals surface area contributed by atoms with E-state index in [9.17, 15) is 10.1 Å². The second-order valence-electron chi connectivity index (χ2n) is 5.95. The quantitative estimate of drug-likeness (QED) is 0.292. The number of carbonyl (C=O) groups is 1. The van der Waals surface area contributed by atoms with Crippen molar-refractivity contribution in [3.05, 3.63) is 69.2 Å². The van der Waals surface area contributed by atoms with Crippen molar-refractivity contribution in [3.8, 4) is 17.6 Å². The Labute approximate surface area is 183 Å². The minimum Gasteiger partial charge on any atom is -0.490 e. The molecule has 0 radical (unpaired) electrons. The Kier molecular flexibility index (Phi) is 8.32. The number of amides is 1. The largest absolute Gasteiger partial charge is 0.490 e. The van der Waals surface area contributed by atoms with Crippen LogP contribution in [0.1, 0.15) is 18.1 Å². The van der Waals surface area contributed by atoms with Crippen LogP contribution in [0.25, 0.3) is 6.08 Å². The van der Waals surface area contributed by atoms with E-state index < -0.39 is 5.91 Å². The molecule has 0 aliphatic heterocycles. The summed E-state index contributed by atoms with van der Waals surface area (Å²) in [6, 6.07) is 10.6. The molecule has 1 N–H and O–H groups in total. The number of hydrogen-bond donors (Lipinski definition) is 1. The summed E-state index contributed by atoms with van der Waals surface area (Å²) in [7, 11) is 0. The zero-order chi connectivity index (χ0) is 21.4. The lowest BCUT2D eigenvalue weighted by Gasteiger charge is -2.14. The zero-order valence-electron chi connectivity index (χ0n) is 16.1. The molecule has 0 atom stereocenters. The van der Waals surface area contributed by atoms with Crippen LogP contribution in [0.3, 0.4) is 0 Å². The van der Waals surface area contributed by atoms with E-state index in [-0.39, 0.29) is 5.57 Å². The molecule has 29 heavy (non-hydrogen) atoms. The van der Waals surface area contributed by atoms with Crippen LogP contribution in [0.4, 0.5) is 5.69 Å². The summed E-state index contributed by atoms with van der Waals surface area (Å²) in [4.78, 5) is 12.6. The van der Waals surface area contributed by atoms with Gasteiger partial charge in [-0.1, -0.05) is 30.3 Å². The highest BCUT2D eigenvalue weighted by Gasteiger charge is 2.15. The molecule has 0 heterocycles. The molecule has 2 aromatic carbocycles. The van der Waals surface area contributed by atoms with Gasteiger partial charge in [0.25, 0.3) is 5.91 Å². The maximum atomic E-state index is 12.6. The van der Waals surface area contributed by atoms with Crippen LogP contribution < -0.4 is 14.8 Å². The first-order chi connectivity index (χ1) is 13.9. The second kappa shape index (κ2) is 10.7. The third kappa shape index (κ3) is 6.11. The first kappa shape index (κ1) is 22.5. The summed E-state index contributed by atoms with van der Waals surface area (Å²) in [5, 5.41) is 12.7. The standard InChI is InChI=1S/C22H20BrClN2O3/c1-4-8-29-21-18(23)10-15(11-20(21)28-5-2)9-16(13-25)22(27)26-19-12-17(24)7-6-14(19)3/h4,6-7,9-12H,1,5,8H2,2-3H3,(H,26,27)/b16-9+. The highest BCUT2D eigenvalue weighted by molar-refractivity contribution is 9.10. The predicted molar refractivity (Wildman–Crippen MR) is 119 cm³/mol. The van der Waals surface area contributed by atoms with Crippen molar-refractivity contribution in [2.24, 2.45) is 0 Å². The average molecular weight is 476 g/mol. The fourth-order valence-electron chi connectivity index (χ4n) is 2.45. The number of carbonyl (C=O) groups excluding carboxylic acids is 1. The summed E-state index contributed by atoms with van der Waals surface area (Å²) in [6.45, 7) is 8.09. The molecule has 2 aromatic rings. The molecule has 1 amide bonds. The molecule has 0 aliphatic rings. The molecule has 5 nitrogen and oxygen atoms in total. The van der Waals surface area contributed by atoms with E-state index >= 15 is 0 Å². The van der Waals surface area contributed by atoms with E-state index in [0.29, 0.717) is 45.5 Å². The topological polar surface area (TPSA) is 71.3 Å². The van der Waals surface area contributed by atoms with Crippen LogP contribution in [-0.4, -0.2) is 19.1 Å². The number of nitrogens with zero attached hydrogens (tertiary/aromatic N) is 1. The predicted octanol–water partition coefficient (Wildman–Crippen LogP) is 5.92. The third-order valence-electron chi connectivity index (χ3n) is 3.80. The van der Waals surface area contributed by atoms with Crippen molar-refractivity contribution >= 4 is 45.2 Å². The van der Waals surface area contributed by atoms with Gasteiger partial charge in [0.2, 0.25) is 0 Å². The molecular weight excluding hydrogens is 456 g/mol. The van der Waals surface area contributed by atoms with Crippen molar-refractivity contribution in [1.82, 2.24) is 0 Å². The Balaban J connectivity index is 2.36. The maximum absolute atomic E-state index is 12.6. The van der Waals surface area contributed by atoms with E-state index in [2.05, 4.69) is 27.8 Å². The summed E-state index contributed by atoms with van der Waals surface area (Å²) in [6.07, 6.45) is 3.12. The number of anilines is 1. The summed E-state index contributed by atoms with van der Waals surface area (Å²) in [5.74, 6) is 0.499. The number of nitriles is 1. The van der Waals surface area contributed by atoms with Crippen LogP contribution >= 0.6 is 27.5 Å². The molecule has 2 rings (SSSR count). The molecule has 0 fully saturated rings. The molecule has 0 aromatic heterocycles. The van der Waals surface area contributed by atoms with Crippen LogP contribution in [0.2, 0.25) is 5.02 Å². The Morgan fingerprint density at radius 2 is 2.10 bits per heavy atom. The van der Waals surface area contributed by atoms with Gasteiger partial charge in [0, 0.05) is 10.7 Å². The molecule has 7 heteroatoms. The third-order valence-corrected chi connectivity index (χ3v) is 4.63. The Bertz CT molecular complexity index is 996. The molecule has 0 unspecified atom stereocenters. The lowest BCUT2D eigenvalue weighted by molar-refractivity contribution is -0.112. The SMILES string of the molecule is C=CCOc1c(Br)cc(/C=C(\C#N)C(=O)Nc2cc(Cl)ccc2C)cc1OCC. The monoisotopic (exact) mass is 474 g/mol. The van der Waals surface area contributed by atoms with Gasteiger partial charge in [-0.15, -0.1) is 0 Å². The highest BCUT2D eigenvalue weighted by atomic mass is 79.9. The second-order valence-corrected chi connectivity index (χ2v) is 7.24. The van der Waals surface area contributed by atoms with Gasteiger partial charge in [0.15, 0.2) is 11.5 Å². The number of halogens is 2. The summed E-state index contributed by atoms with van der Waals surface area (Å²) in [5.41, 5.74) is 1.94. The van der Waals surface area contributed by atoms with Gasteiger partial charge in [-0.05, 0) is 71.2 Å². The lowest BCUT2D eigenvalue weighted by Crippen LogP contribution is -2.14. The first-order valence-corrected chi connectivity index (χ1v) is 9.96. The minimum absolute atomic E-state index is 0.0570. The van der Waals surface area contributed by atoms with Crippen LogP contribution in [0.5, 0.6) is 11.5 Å². The lowest BCUT2D eigenvalue weighted by atomic mass is 10.1. The average Bonchev–Trinajstić information content (AvgIpc) is 2.68. The van der Waals surface area contributed by atoms with Crippen molar-refractivity contribution in [2.45, 2.75) is 13.8 Å². The number of hydrogen-bond acceptors (Lipinski definition) is 4. The van der Waals surface area contributed by atoms with Gasteiger partial charge in [0.05, 0.1) is 11.1 Å². The van der Waals surface area contributed by atoms with Crippen molar-refractivity contribution < 1.29 is 14.3 Å². The first-order valence-electron chi connectivity index (χ1n) is 8.78. The van der Waals surface area contributed by atoms with Gasteiger partial charge in [-0.3, -0.25) is 4.79 Å². The Morgan fingerprint density at radius 3 is 2.76 bits per heavy atom. The number of benzene rings is 2. The van der Waals surface area contributed by atoms with Crippen LogP contribution in [-0.2, 0) is 4.79 Å². The fourth-order valence-corrected chi connectivity index (χ4v) is 3.20. The zero-order valence-corrected chi connectivity index (χ0v) is 18.4. The number of nitrogens with one attached hydrogen (secondary N) is 1. The molecule has 0 saturated heterocycles. The van der Waals surface area contributed by atoms with E-state index in [1.807, 2.05) is 19.9 Å². The summed E-state index contributed by atoms with van der Waals surface area (Å²) >= 11 is 9.44. The summed E-state index contributed by atoms with van der Waals surface area (Å²) < 4.78 is 11.9. The van der Waals surface area contributed by atoms with Gasteiger partial charge in [-0.25, -0.2) is 0 Å². The smallest absolute Gasteiger partial charge is 0.266 e. The van der Waals surface area contributed by atoms with Crippen molar-refractivity contribution in [3.63, 3.8) is 0 Å². The number of rotatable bonds is 8. The normalized spacial score (nSPS) is 10.8. The van der Waals surface area contributed by atoms with Gasteiger partial charge in [-0.2, -0.15) is 5.26 Å². The molecule has 150 valence electrons. The Morgan fingerprint density at radius 1 is 1.34 bits per heavy atom.